The number of amides is 1. The lowest BCUT2D eigenvalue weighted by molar-refractivity contribution is 0.0479. The van der Waals surface area contributed by atoms with Gasteiger partial charge in [-0.25, -0.2) is 9.18 Å². The fourth-order valence-corrected chi connectivity index (χ4v) is 3.18. The maximum atomic E-state index is 13.0. The first-order valence-corrected chi connectivity index (χ1v) is 9.44. The molecule has 6 heteroatoms. The largest absolute Gasteiger partial charge is 0.444 e. The Labute approximate surface area is 156 Å². The number of alkyl carbamates (subject to hydrolysis) is 1. The van der Waals surface area contributed by atoms with Crippen LogP contribution in [-0.2, 0) is 11.3 Å². The maximum absolute atomic E-state index is 13.0. The highest BCUT2D eigenvalue weighted by Crippen LogP contribution is 2.13. The summed E-state index contributed by atoms with van der Waals surface area (Å²) in [5.41, 5.74) is 0.663. The number of piperazine rings is 1. The summed E-state index contributed by atoms with van der Waals surface area (Å²) in [6.07, 6.45) is 0.624. The molecule has 1 N–H and O–H groups in total. The summed E-state index contributed by atoms with van der Waals surface area (Å²) < 4.78 is 18.3. The van der Waals surface area contributed by atoms with Gasteiger partial charge in [-0.1, -0.05) is 19.1 Å². The predicted octanol–water partition coefficient (Wildman–Crippen LogP) is 3.25. The van der Waals surface area contributed by atoms with Gasteiger partial charge in [0.15, 0.2) is 0 Å². The molecule has 0 radical (unpaired) electrons. The Hall–Kier alpha value is -1.66. The van der Waals surface area contributed by atoms with E-state index in [1.165, 1.54) is 12.1 Å². The van der Waals surface area contributed by atoms with Gasteiger partial charge in [0.2, 0.25) is 0 Å². The van der Waals surface area contributed by atoms with Crippen LogP contribution in [0.3, 0.4) is 0 Å². The van der Waals surface area contributed by atoms with Gasteiger partial charge in [0.1, 0.15) is 11.4 Å². The Kier molecular flexibility index (Phi) is 7.41. The lowest BCUT2D eigenvalue weighted by Gasteiger charge is -2.39. The van der Waals surface area contributed by atoms with E-state index in [-0.39, 0.29) is 11.9 Å². The van der Waals surface area contributed by atoms with Crippen molar-refractivity contribution >= 4 is 6.09 Å². The number of ether oxygens (including phenoxy) is 1. The Morgan fingerprint density at radius 2 is 1.81 bits per heavy atom. The van der Waals surface area contributed by atoms with E-state index >= 15 is 0 Å². The molecule has 1 amide bonds. The molecule has 26 heavy (non-hydrogen) atoms. The fraction of sp³-hybridized carbons (Fsp3) is 0.650. The third-order valence-electron chi connectivity index (χ3n) is 4.59. The van der Waals surface area contributed by atoms with E-state index in [0.29, 0.717) is 12.6 Å². The zero-order chi connectivity index (χ0) is 19.2. The molecule has 1 aromatic carbocycles. The minimum atomic E-state index is -0.474. The molecule has 1 aromatic rings. The number of hydrogen-bond acceptors (Lipinski definition) is 4. The predicted molar refractivity (Wildman–Crippen MR) is 102 cm³/mol. The molecule has 0 spiro atoms. The van der Waals surface area contributed by atoms with Crippen LogP contribution in [0.2, 0.25) is 0 Å². The van der Waals surface area contributed by atoms with Gasteiger partial charge in [0.25, 0.3) is 0 Å². The van der Waals surface area contributed by atoms with Crippen LogP contribution >= 0.6 is 0 Å². The molecule has 1 aliphatic rings. The highest BCUT2D eigenvalue weighted by atomic mass is 19.1. The second-order valence-corrected chi connectivity index (χ2v) is 7.88. The van der Waals surface area contributed by atoms with Crippen LogP contribution in [-0.4, -0.2) is 60.3 Å². The first-order chi connectivity index (χ1) is 12.3. The first kappa shape index (κ1) is 20.6. The highest BCUT2D eigenvalue weighted by molar-refractivity contribution is 5.67. The van der Waals surface area contributed by atoms with Crippen LogP contribution in [0.1, 0.15) is 39.7 Å². The Bertz CT molecular complexity index is 563. The van der Waals surface area contributed by atoms with Gasteiger partial charge in [-0.3, -0.25) is 9.80 Å². The lowest BCUT2D eigenvalue weighted by atomic mass is 10.1. The van der Waals surface area contributed by atoms with Crippen LogP contribution in [0.4, 0.5) is 9.18 Å². The van der Waals surface area contributed by atoms with Crippen LogP contribution in [0.25, 0.3) is 0 Å². The number of nitrogens with zero attached hydrogens (tertiary/aromatic N) is 2. The number of halogens is 1. The van der Waals surface area contributed by atoms with Crippen molar-refractivity contribution in [1.82, 2.24) is 15.1 Å². The van der Waals surface area contributed by atoms with E-state index in [0.717, 1.165) is 44.7 Å². The van der Waals surface area contributed by atoms with Crippen LogP contribution in [0.15, 0.2) is 24.3 Å². The monoisotopic (exact) mass is 365 g/mol. The number of carbonyl (C=O) groups excluding carboxylic acids is 1. The number of rotatable bonds is 6. The van der Waals surface area contributed by atoms with E-state index in [4.69, 9.17) is 4.74 Å². The third-order valence-corrected chi connectivity index (χ3v) is 4.59. The zero-order valence-corrected chi connectivity index (χ0v) is 16.4. The molecule has 2 rings (SSSR count). The number of carbonyl (C=O) groups is 1. The summed E-state index contributed by atoms with van der Waals surface area (Å²) in [7, 11) is 0. The molecular weight excluding hydrogens is 333 g/mol. The Balaban J connectivity index is 1.75. The minimum Gasteiger partial charge on any atom is -0.444 e. The van der Waals surface area contributed by atoms with E-state index in [1.54, 1.807) is 0 Å². The minimum absolute atomic E-state index is 0.193. The van der Waals surface area contributed by atoms with E-state index in [9.17, 15) is 9.18 Å². The van der Waals surface area contributed by atoms with Crippen molar-refractivity contribution < 1.29 is 13.9 Å². The van der Waals surface area contributed by atoms with E-state index in [1.807, 2.05) is 32.9 Å². The van der Waals surface area contributed by atoms with Crippen molar-refractivity contribution in [2.45, 2.75) is 52.3 Å². The van der Waals surface area contributed by atoms with Gasteiger partial charge in [0, 0.05) is 45.3 Å². The molecule has 0 unspecified atom stereocenters. The van der Waals surface area contributed by atoms with Crippen molar-refractivity contribution in [2.24, 2.45) is 0 Å². The number of hydrogen-bond donors (Lipinski definition) is 1. The molecule has 0 aromatic heterocycles. The fourth-order valence-electron chi connectivity index (χ4n) is 3.18. The van der Waals surface area contributed by atoms with Gasteiger partial charge >= 0.3 is 6.09 Å². The van der Waals surface area contributed by atoms with Crippen LogP contribution in [0, 0.1) is 5.82 Å². The van der Waals surface area contributed by atoms with Gasteiger partial charge in [-0.15, -0.1) is 0 Å². The highest BCUT2D eigenvalue weighted by Gasteiger charge is 2.24. The summed E-state index contributed by atoms with van der Waals surface area (Å²) in [4.78, 5) is 16.7. The summed E-state index contributed by atoms with van der Waals surface area (Å²) >= 11 is 0. The standard InChI is InChI=1S/C20H32FN3O2/c1-5-18(14-22-19(25)26-20(2,3)4)24-12-10-23(11-13-24)15-16-6-8-17(21)9-7-16/h6-9,18H,5,10-15H2,1-4H3,(H,22,25)/t18-/m0/s1. The summed E-state index contributed by atoms with van der Waals surface area (Å²) in [6.45, 7) is 13.1. The Morgan fingerprint density at radius 1 is 1.19 bits per heavy atom. The van der Waals surface area contributed by atoms with Gasteiger partial charge < -0.3 is 10.1 Å². The average molecular weight is 365 g/mol. The number of benzene rings is 1. The quantitative estimate of drug-likeness (QED) is 0.841. The zero-order valence-electron chi connectivity index (χ0n) is 16.4. The van der Waals surface area contributed by atoms with Crippen LogP contribution in [0.5, 0.6) is 0 Å². The van der Waals surface area contributed by atoms with Crippen molar-refractivity contribution in [1.29, 1.82) is 0 Å². The second kappa shape index (κ2) is 9.33. The topological polar surface area (TPSA) is 44.8 Å². The molecule has 1 aliphatic heterocycles. The second-order valence-electron chi connectivity index (χ2n) is 7.88. The molecule has 1 fully saturated rings. The molecule has 0 bridgehead atoms. The van der Waals surface area contributed by atoms with Gasteiger partial charge in [0.05, 0.1) is 0 Å². The summed E-state index contributed by atoms with van der Waals surface area (Å²) in [5, 5.41) is 2.89. The summed E-state index contributed by atoms with van der Waals surface area (Å²) in [6, 6.07) is 7.04. The molecule has 146 valence electrons. The van der Waals surface area contributed by atoms with E-state index in [2.05, 4.69) is 22.0 Å². The van der Waals surface area contributed by atoms with Crippen molar-refractivity contribution in [3.8, 4) is 0 Å². The maximum Gasteiger partial charge on any atom is 0.407 e. The smallest absolute Gasteiger partial charge is 0.407 e. The van der Waals surface area contributed by atoms with Crippen molar-refractivity contribution in [2.75, 3.05) is 32.7 Å². The molecule has 5 nitrogen and oxygen atoms in total. The molecule has 0 aliphatic carbocycles. The van der Waals surface area contributed by atoms with Gasteiger partial charge in [-0.2, -0.15) is 0 Å². The molecule has 0 saturated carbocycles. The molecule has 1 saturated heterocycles. The first-order valence-electron chi connectivity index (χ1n) is 9.44. The Morgan fingerprint density at radius 3 is 2.35 bits per heavy atom. The van der Waals surface area contributed by atoms with Crippen LogP contribution < -0.4 is 5.32 Å². The normalized spacial score (nSPS) is 17.7. The lowest BCUT2D eigenvalue weighted by Crippen LogP contribution is -2.53. The molecule has 1 atom stereocenters. The molecule has 1 heterocycles. The van der Waals surface area contributed by atoms with Gasteiger partial charge in [-0.05, 0) is 44.9 Å². The third kappa shape index (κ3) is 6.92. The van der Waals surface area contributed by atoms with E-state index < -0.39 is 5.60 Å². The van der Waals surface area contributed by atoms with Crippen molar-refractivity contribution in [3.05, 3.63) is 35.6 Å². The summed E-state index contributed by atoms with van der Waals surface area (Å²) in [5.74, 6) is -0.193. The molecular formula is C20H32FN3O2. The average Bonchev–Trinajstić information content (AvgIpc) is 2.57. The number of nitrogens with one attached hydrogen (secondary N) is 1. The SMILES string of the molecule is CC[C@@H](CNC(=O)OC(C)(C)C)N1CCN(Cc2ccc(F)cc2)CC1. The van der Waals surface area contributed by atoms with Crippen molar-refractivity contribution in [3.63, 3.8) is 0 Å².